The predicted octanol–water partition coefficient (Wildman–Crippen LogP) is 2.26. The molecule has 0 radical (unpaired) electrons. The Kier molecular flexibility index (Phi) is 9.17. The molecule has 3 heteroatoms. The monoisotopic (exact) mass is 198 g/mol. The highest BCUT2D eigenvalue weighted by molar-refractivity contribution is 5.69. The number of rotatable bonds is 4. The van der Waals surface area contributed by atoms with E-state index in [9.17, 15) is 9.59 Å². The summed E-state index contributed by atoms with van der Waals surface area (Å²) in [5.74, 6) is -0.253. The SMILES string of the molecule is C1=CCCC1.COC(=O)CCCC=O. The van der Waals surface area contributed by atoms with Gasteiger partial charge >= 0.3 is 5.97 Å². The van der Waals surface area contributed by atoms with Crippen LogP contribution in [-0.2, 0) is 14.3 Å². The van der Waals surface area contributed by atoms with Crippen molar-refractivity contribution in [3.8, 4) is 0 Å². The summed E-state index contributed by atoms with van der Waals surface area (Å²) in [7, 11) is 1.34. The minimum atomic E-state index is -0.253. The van der Waals surface area contributed by atoms with Gasteiger partial charge in [-0.15, -0.1) is 0 Å². The van der Waals surface area contributed by atoms with E-state index >= 15 is 0 Å². The summed E-state index contributed by atoms with van der Waals surface area (Å²) in [6.45, 7) is 0. The molecule has 0 aromatic heterocycles. The molecular weight excluding hydrogens is 180 g/mol. The molecule has 0 N–H and O–H groups in total. The van der Waals surface area contributed by atoms with E-state index in [4.69, 9.17) is 0 Å². The second-order valence-electron chi connectivity index (χ2n) is 3.04. The standard InChI is InChI=1S/C6H10O3.C5H8/c1-9-6(8)4-2-3-5-7;1-2-4-5-3-1/h5H,2-4H2,1H3;1-2H,3-5H2. The third kappa shape index (κ3) is 8.97. The molecular formula is C11H18O3. The maximum Gasteiger partial charge on any atom is 0.305 e. The second-order valence-corrected chi connectivity index (χ2v) is 3.04. The molecule has 1 aliphatic carbocycles. The van der Waals surface area contributed by atoms with Gasteiger partial charge in [0, 0.05) is 12.8 Å². The molecule has 0 spiro atoms. The second kappa shape index (κ2) is 9.96. The summed E-state index contributed by atoms with van der Waals surface area (Å²) in [6.07, 6.45) is 10.7. The molecule has 0 bridgehead atoms. The van der Waals surface area contributed by atoms with Crippen LogP contribution >= 0.6 is 0 Å². The maximum absolute atomic E-state index is 10.3. The first-order chi connectivity index (χ1) is 6.81. The van der Waals surface area contributed by atoms with Crippen LogP contribution in [-0.4, -0.2) is 19.4 Å². The Balaban J connectivity index is 0.000000280. The number of unbranched alkanes of at least 4 members (excludes halogenated alkanes) is 1. The highest BCUT2D eigenvalue weighted by Crippen LogP contribution is 2.05. The lowest BCUT2D eigenvalue weighted by Crippen LogP contribution is -1.99. The van der Waals surface area contributed by atoms with Crippen molar-refractivity contribution in [1.82, 2.24) is 0 Å². The number of carbonyl (C=O) groups is 2. The van der Waals surface area contributed by atoms with Crippen molar-refractivity contribution in [2.45, 2.75) is 38.5 Å². The van der Waals surface area contributed by atoms with Crippen molar-refractivity contribution < 1.29 is 14.3 Å². The number of carbonyl (C=O) groups excluding carboxylic acids is 2. The zero-order valence-corrected chi connectivity index (χ0v) is 8.70. The van der Waals surface area contributed by atoms with E-state index in [2.05, 4.69) is 16.9 Å². The van der Waals surface area contributed by atoms with Crippen molar-refractivity contribution in [3.05, 3.63) is 12.2 Å². The lowest BCUT2D eigenvalue weighted by Gasteiger charge is -1.93. The van der Waals surface area contributed by atoms with Crippen LogP contribution in [0.1, 0.15) is 38.5 Å². The molecule has 0 saturated heterocycles. The molecule has 1 rings (SSSR count). The third-order valence-corrected chi connectivity index (χ3v) is 1.84. The van der Waals surface area contributed by atoms with Crippen LogP contribution in [0, 0.1) is 0 Å². The van der Waals surface area contributed by atoms with E-state index in [1.165, 1.54) is 26.4 Å². The summed E-state index contributed by atoms with van der Waals surface area (Å²) in [4.78, 5) is 20.1. The lowest BCUT2D eigenvalue weighted by molar-refractivity contribution is -0.140. The molecule has 3 nitrogen and oxygen atoms in total. The van der Waals surface area contributed by atoms with Gasteiger partial charge in [-0.25, -0.2) is 0 Å². The van der Waals surface area contributed by atoms with E-state index < -0.39 is 0 Å². The Hall–Kier alpha value is -1.12. The largest absolute Gasteiger partial charge is 0.469 e. The zero-order valence-electron chi connectivity index (χ0n) is 8.70. The molecule has 0 heterocycles. The van der Waals surface area contributed by atoms with Gasteiger partial charge in [0.2, 0.25) is 0 Å². The Labute approximate surface area is 85.1 Å². The van der Waals surface area contributed by atoms with E-state index in [0.717, 1.165) is 6.29 Å². The van der Waals surface area contributed by atoms with E-state index in [1.54, 1.807) is 0 Å². The minimum absolute atomic E-state index is 0.253. The van der Waals surface area contributed by atoms with Crippen molar-refractivity contribution in [1.29, 1.82) is 0 Å². The van der Waals surface area contributed by atoms with E-state index in [0.29, 0.717) is 19.3 Å². The molecule has 0 aromatic carbocycles. The van der Waals surface area contributed by atoms with Gasteiger partial charge in [-0.1, -0.05) is 12.2 Å². The maximum atomic E-state index is 10.3. The average Bonchev–Trinajstić information content (AvgIpc) is 2.76. The fourth-order valence-electron chi connectivity index (χ4n) is 1.02. The lowest BCUT2D eigenvalue weighted by atomic mass is 10.2. The molecule has 0 atom stereocenters. The summed E-state index contributed by atoms with van der Waals surface area (Å²) < 4.78 is 4.34. The average molecular weight is 198 g/mol. The van der Waals surface area contributed by atoms with Gasteiger partial charge in [0.25, 0.3) is 0 Å². The molecule has 0 unspecified atom stereocenters. The van der Waals surface area contributed by atoms with Crippen LogP contribution in [0.4, 0.5) is 0 Å². The quantitative estimate of drug-likeness (QED) is 0.301. The first kappa shape index (κ1) is 12.9. The van der Waals surface area contributed by atoms with Gasteiger partial charge < -0.3 is 9.53 Å². The molecule has 0 amide bonds. The van der Waals surface area contributed by atoms with Crippen LogP contribution in [0.2, 0.25) is 0 Å². The van der Waals surface area contributed by atoms with Crippen LogP contribution < -0.4 is 0 Å². The third-order valence-electron chi connectivity index (χ3n) is 1.84. The van der Waals surface area contributed by atoms with Gasteiger partial charge in [-0.05, 0) is 25.7 Å². The number of aldehydes is 1. The predicted molar refractivity (Wildman–Crippen MR) is 54.9 cm³/mol. The summed E-state index contributed by atoms with van der Waals surface area (Å²) in [5.41, 5.74) is 0. The van der Waals surface area contributed by atoms with Crippen LogP contribution in [0.3, 0.4) is 0 Å². The number of esters is 1. The molecule has 14 heavy (non-hydrogen) atoms. The normalized spacial score (nSPS) is 12.9. The summed E-state index contributed by atoms with van der Waals surface area (Å²) >= 11 is 0. The fraction of sp³-hybridized carbons (Fsp3) is 0.636. The molecule has 0 aromatic rings. The number of hydrogen-bond acceptors (Lipinski definition) is 3. The number of methoxy groups -OCH3 is 1. The van der Waals surface area contributed by atoms with Crippen LogP contribution in [0.15, 0.2) is 12.2 Å². The van der Waals surface area contributed by atoms with Crippen LogP contribution in [0.25, 0.3) is 0 Å². The summed E-state index contributed by atoms with van der Waals surface area (Å²) in [5, 5.41) is 0. The molecule has 0 aliphatic heterocycles. The molecule has 1 aliphatic rings. The van der Waals surface area contributed by atoms with Crippen molar-refractivity contribution in [2.24, 2.45) is 0 Å². The van der Waals surface area contributed by atoms with Gasteiger partial charge in [-0.3, -0.25) is 4.79 Å². The van der Waals surface area contributed by atoms with E-state index in [-0.39, 0.29) is 5.97 Å². The highest BCUT2D eigenvalue weighted by Gasteiger charge is 1.96. The van der Waals surface area contributed by atoms with Gasteiger partial charge in [0.1, 0.15) is 6.29 Å². The highest BCUT2D eigenvalue weighted by atomic mass is 16.5. The minimum Gasteiger partial charge on any atom is -0.469 e. The molecule has 0 saturated carbocycles. The van der Waals surface area contributed by atoms with Crippen molar-refractivity contribution in [3.63, 3.8) is 0 Å². The first-order valence-electron chi connectivity index (χ1n) is 4.96. The van der Waals surface area contributed by atoms with Crippen molar-refractivity contribution >= 4 is 12.3 Å². The Morgan fingerprint density at radius 2 is 2.07 bits per heavy atom. The first-order valence-corrected chi connectivity index (χ1v) is 4.96. The van der Waals surface area contributed by atoms with E-state index in [1.807, 2.05) is 0 Å². The molecule has 0 fully saturated rings. The Morgan fingerprint density at radius 1 is 1.43 bits per heavy atom. The smallest absolute Gasteiger partial charge is 0.305 e. The van der Waals surface area contributed by atoms with Gasteiger partial charge in [0.05, 0.1) is 7.11 Å². The fourth-order valence-corrected chi connectivity index (χ4v) is 1.02. The van der Waals surface area contributed by atoms with Crippen molar-refractivity contribution in [2.75, 3.05) is 7.11 Å². The topological polar surface area (TPSA) is 43.4 Å². The molecule has 80 valence electrons. The Bertz CT molecular complexity index is 179. The number of allylic oxidation sites excluding steroid dienone is 2. The van der Waals surface area contributed by atoms with Gasteiger partial charge in [-0.2, -0.15) is 0 Å². The van der Waals surface area contributed by atoms with Gasteiger partial charge in [0.15, 0.2) is 0 Å². The number of ether oxygens (including phenoxy) is 1. The zero-order chi connectivity index (χ0) is 10.6. The van der Waals surface area contributed by atoms with Crippen LogP contribution in [0.5, 0.6) is 0 Å². The summed E-state index contributed by atoms with van der Waals surface area (Å²) in [6, 6.07) is 0. The number of hydrogen-bond donors (Lipinski definition) is 0. The Morgan fingerprint density at radius 3 is 2.43 bits per heavy atom.